The van der Waals surface area contributed by atoms with Gasteiger partial charge in [-0.1, -0.05) is 29.3 Å². The summed E-state index contributed by atoms with van der Waals surface area (Å²) < 4.78 is 0. The Morgan fingerprint density at radius 1 is 1.32 bits per heavy atom. The standard InChI is InChI=1S/C10H13Cl2N.C2H8N4/c1-13-6-2-3-8-4-5-9(11)10(12)7-8;1-2(3)5-6-4/h4-5,7,13H,2-3,6H2,1H3;6H,4H2,1H3,(H2,3,5). The van der Waals surface area contributed by atoms with Gasteiger partial charge in [0.15, 0.2) is 0 Å². The zero-order valence-corrected chi connectivity index (χ0v) is 12.7. The van der Waals surface area contributed by atoms with E-state index in [2.05, 4.69) is 10.4 Å². The van der Waals surface area contributed by atoms with E-state index in [0.717, 1.165) is 19.4 Å². The molecule has 0 heterocycles. The fourth-order valence-corrected chi connectivity index (χ4v) is 1.59. The fraction of sp³-hybridized carbons (Fsp3) is 0.417. The number of rotatable bonds is 5. The molecule has 0 radical (unpaired) electrons. The molecule has 19 heavy (non-hydrogen) atoms. The quantitative estimate of drug-likeness (QED) is 0.220. The molecule has 0 spiro atoms. The SMILES string of the molecule is C/C(N)=N/NN.CNCCCc1ccc(Cl)c(Cl)c1. The summed E-state index contributed by atoms with van der Waals surface area (Å²) in [5.74, 6) is 5.14. The summed E-state index contributed by atoms with van der Waals surface area (Å²) in [5.41, 5.74) is 8.28. The molecule has 108 valence electrons. The molecular weight excluding hydrogens is 285 g/mol. The zero-order valence-electron chi connectivity index (χ0n) is 11.2. The predicted octanol–water partition coefficient (Wildman–Crippen LogP) is 1.89. The molecule has 5 nitrogen and oxygen atoms in total. The number of hydrazone groups is 1. The topological polar surface area (TPSA) is 88.5 Å². The molecule has 6 N–H and O–H groups in total. The van der Waals surface area contributed by atoms with Gasteiger partial charge in [-0.05, 0) is 51.1 Å². The molecule has 0 saturated heterocycles. The van der Waals surface area contributed by atoms with Gasteiger partial charge < -0.3 is 11.1 Å². The molecule has 0 unspecified atom stereocenters. The lowest BCUT2D eigenvalue weighted by Gasteiger charge is -2.02. The zero-order chi connectivity index (χ0) is 14.7. The van der Waals surface area contributed by atoms with Crippen molar-refractivity contribution in [2.45, 2.75) is 19.8 Å². The van der Waals surface area contributed by atoms with Crippen LogP contribution in [0.1, 0.15) is 18.9 Å². The summed E-state index contributed by atoms with van der Waals surface area (Å²) in [5, 5.41) is 7.72. The van der Waals surface area contributed by atoms with E-state index in [1.807, 2.05) is 30.8 Å². The monoisotopic (exact) mass is 305 g/mol. The van der Waals surface area contributed by atoms with E-state index in [1.54, 1.807) is 6.92 Å². The molecule has 0 aliphatic carbocycles. The number of aryl methyl sites for hydroxylation is 1. The molecule has 0 saturated carbocycles. The number of hydrazine groups is 1. The van der Waals surface area contributed by atoms with Crippen LogP contribution in [0.15, 0.2) is 23.3 Å². The second-order valence-corrected chi connectivity index (χ2v) is 4.65. The van der Waals surface area contributed by atoms with Crippen molar-refractivity contribution in [2.24, 2.45) is 16.7 Å². The Balaban J connectivity index is 0.000000459. The molecule has 0 aliphatic heterocycles. The molecule has 7 heteroatoms. The van der Waals surface area contributed by atoms with Gasteiger partial charge >= 0.3 is 0 Å². The van der Waals surface area contributed by atoms with Crippen molar-refractivity contribution in [1.29, 1.82) is 0 Å². The van der Waals surface area contributed by atoms with Crippen LogP contribution in [0.2, 0.25) is 10.0 Å². The third kappa shape index (κ3) is 9.55. The van der Waals surface area contributed by atoms with Gasteiger partial charge in [-0.15, -0.1) is 0 Å². The van der Waals surface area contributed by atoms with Crippen molar-refractivity contribution < 1.29 is 0 Å². The number of benzene rings is 1. The molecule has 0 aliphatic rings. The number of halogens is 2. The minimum atomic E-state index is 0.428. The van der Waals surface area contributed by atoms with Crippen LogP contribution < -0.4 is 22.4 Å². The Morgan fingerprint density at radius 3 is 2.42 bits per heavy atom. The van der Waals surface area contributed by atoms with Crippen molar-refractivity contribution in [1.82, 2.24) is 10.9 Å². The summed E-state index contributed by atoms with van der Waals surface area (Å²) in [7, 11) is 1.95. The Kier molecular flexibility index (Phi) is 10.3. The van der Waals surface area contributed by atoms with Crippen molar-refractivity contribution >= 4 is 29.0 Å². The number of nitrogens with zero attached hydrogens (tertiary/aromatic N) is 1. The van der Waals surface area contributed by atoms with Gasteiger partial charge in [-0.3, -0.25) is 0 Å². The van der Waals surface area contributed by atoms with E-state index in [1.165, 1.54) is 5.56 Å². The average molecular weight is 306 g/mol. The van der Waals surface area contributed by atoms with Gasteiger partial charge in [0.25, 0.3) is 0 Å². The molecule has 0 amide bonds. The van der Waals surface area contributed by atoms with Crippen LogP contribution in [0.5, 0.6) is 0 Å². The van der Waals surface area contributed by atoms with E-state index >= 15 is 0 Å². The minimum Gasteiger partial charge on any atom is -0.386 e. The minimum absolute atomic E-state index is 0.428. The largest absolute Gasteiger partial charge is 0.386 e. The van der Waals surface area contributed by atoms with Crippen molar-refractivity contribution in [3.63, 3.8) is 0 Å². The molecular formula is C12H21Cl2N5. The van der Waals surface area contributed by atoms with Crippen molar-refractivity contribution in [3.05, 3.63) is 33.8 Å². The van der Waals surface area contributed by atoms with Gasteiger partial charge in [-0.25, -0.2) is 11.4 Å². The lowest BCUT2D eigenvalue weighted by Crippen LogP contribution is -2.19. The van der Waals surface area contributed by atoms with Crippen LogP contribution in [-0.2, 0) is 6.42 Å². The summed E-state index contributed by atoms with van der Waals surface area (Å²) in [6.45, 7) is 2.67. The Bertz CT molecular complexity index is 392. The molecule has 0 aromatic heterocycles. The highest BCUT2D eigenvalue weighted by Gasteiger charge is 1.98. The Hall–Kier alpha value is -1.01. The van der Waals surface area contributed by atoms with E-state index in [-0.39, 0.29) is 0 Å². The van der Waals surface area contributed by atoms with E-state index < -0.39 is 0 Å². The number of hydrogen-bond donors (Lipinski definition) is 4. The van der Waals surface area contributed by atoms with Gasteiger partial charge in [0.05, 0.1) is 10.0 Å². The lowest BCUT2D eigenvalue weighted by molar-refractivity contribution is 0.725. The van der Waals surface area contributed by atoms with Crippen LogP contribution in [0.4, 0.5) is 0 Å². The van der Waals surface area contributed by atoms with Crippen LogP contribution in [0, 0.1) is 0 Å². The second kappa shape index (κ2) is 10.9. The first-order valence-corrected chi connectivity index (χ1v) is 6.60. The average Bonchev–Trinajstić information content (AvgIpc) is 2.35. The molecule has 1 rings (SSSR count). The molecule has 0 fully saturated rings. The number of nitrogens with two attached hydrogens (primary N) is 2. The van der Waals surface area contributed by atoms with Gasteiger partial charge in [-0.2, -0.15) is 5.10 Å². The summed E-state index contributed by atoms with van der Waals surface area (Å²) in [4.78, 5) is 0. The van der Waals surface area contributed by atoms with Gasteiger partial charge in [0, 0.05) is 0 Å². The van der Waals surface area contributed by atoms with Crippen molar-refractivity contribution in [3.8, 4) is 0 Å². The first kappa shape index (κ1) is 18.0. The maximum Gasteiger partial charge on any atom is 0.118 e. The lowest BCUT2D eigenvalue weighted by atomic mass is 10.1. The molecule has 0 atom stereocenters. The highest BCUT2D eigenvalue weighted by atomic mass is 35.5. The predicted molar refractivity (Wildman–Crippen MR) is 83.3 cm³/mol. The van der Waals surface area contributed by atoms with Crippen molar-refractivity contribution in [2.75, 3.05) is 13.6 Å². The third-order valence-electron chi connectivity index (χ3n) is 2.12. The Morgan fingerprint density at radius 2 is 2.00 bits per heavy atom. The highest BCUT2D eigenvalue weighted by molar-refractivity contribution is 6.42. The summed E-state index contributed by atoms with van der Waals surface area (Å²) in [6.07, 6.45) is 2.16. The second-order valence-electron chi connectivity index (χ2n) is 3.84. The van der Waals surface area contributed by atoms with E-state index in [4.69, 9.17) is 34.8 Å². The summed E-state index contributed by atoms with van der Waals surface area (Å²) in [6, 6.07) is 5.79. The maximum atomic E-state index is 5.88. The molecule has 0 bridgehead atoms. The summed E-state index contributed by atoms with van der Waals surface area (Å²) >= 11 is 11.7. The fourth-order valence-electron chi connectivity index (χ4n) is 1.27. The molecule has 1 aromatic carbocycles. The van der Waals surface area contributed by atoms with Crippen LogP contribution in [-0.4, -0.2) is 19.4 Å². The molecule has 1 aromatic rings. The number of nitrogens with one attached hydrogen (secondary N) is 2. The highest BCUT2D eigenvalue weighted by Crippen LogP contribution is 2.22. The maximum absolute atomic E-state index is 5.88. The van der Waals surface area contributed by atoms with Crippen LogP contribution in [0.25, 0.3) is 0 Å². The first-order valence-electron chi connectivity index (χ1n) is 5.85. The van der Waals surface area contributed by atoms with Crippen LogP contribution in [0.3, 0.4) is 0 Å². The third-order valence-corrected chi connectivity index (χ3v) is 2.86. The first-order chi connectivity index (χ1) is 9.01. The van der Waals surface area contributed by atoms with E-state index in [9.17, 15) is 0 Å². The Labute approximate surface area is 124 Å². The van der Waals surface area contributed by atoms with E-state index in [0.29, 0.717) is 15.9 Å². The van der Waals surface area contributed by atoms with Gasteiger partial charge in [0.2, 0.25) is 0 Å². The number of hydrogen-bond acceptors (Lipinski definition) is 4. The smallest absolute Gasteiger partial charge is 0.118 e. The van der Waals surface area contributed by atoms with Gasteiger partial charge in [0.1, 0.15) is 5.84 Å². The number of amidine groups is 1. The van der Waals surface area contributed by atoms with Crippen LogP contribution >= 0.6 is 23.2 Å². The normalized spacial score (nSPS) is 10.7.